The van der Waals surface area contributed by atoms with Gasteiger partial charge in [-0.05, 0) is 43.4 Å². The van der Waals surface area contributed by atoms with Gasteiger partial charge >= 0.3 is 0 Å². The molecule has 0 saturated heterocycles. The van der Waals surface area contributed by atoms with Crippen molar-refractivity contribution in [2.24, 2.45) is 10.3 Å². The summed E-state index contributed by atoms with van der Waals surface area (Å²) >= 11 is 0. The highest BCUT2D eigenvalue weighted by molar-refractivity contribution is 7.90. The van der Waals surface area contributed by atoms with Crippen LogP contribution in [0.2, 0.25) is 0 Å². The number of hydrogen-bond acceptors (Lipinski definition) is 4. The van der Waals surface area contributed by atoms with Gasteiger partial charge in [0.25, 0.3) is 10.0 Å². The predicted molar refractivity (Wildman–Crippen MR) is 76.2 cm³/mol. The van der Waals surface area contributed by atoms with E-state index in [9.17, 15) is 8.42 Å². The Morgan fingerprint density at radius 3 is 2.40 bits per heavy atom. The molecule has 0 radical (unpaired) electrons. The molecule has 0 spiro atoms. The molecule has 5 nitrogen and oxygen atoms in total. The molecule has 1 aromatic rings. The van der Waals surface area contributed by atoms with Gasteiger partial charge < -0.3 is 0 Å². The Morgan fingerprint density at radius 2 is 1.95 bits per heavy atom. The third-order valence-electron chi connectivity index (χ3n) is 3.17. The van der Waals surface area contributed by atoms with E-state index in [1.165, 1.54) is 18.1 Å². The molecule has 2 unspecified atom stereocenters. The first kappa shape index (κ1) is 16.1. The lowest BCUT2D eigenvalue weighted by Crippen LogP contribution is -2.04. The van der Waals surface area contributed by atoms with Crippen LogP contribution in [0.5, 0.6) is 0 Å². The third kappa shape index (κ3) is 4.02. The molecule has 0 heterocycles. The van der Waals surface area contributed by atoms with Crippen LogP contribution in [-0.2, 0) is 10.0 Å². The standard InChI is InChI=1S/C14H17N3O2S/c1-3-12(8-11(2)9-15)13-4-6-14(7-5-13)20(18,19)17-10-16/h4-7,11-12,16H,3,8H2,1-2H3. The van der Waals surface area contributed by atoms with Gasteiger partial charge in [0.1, 0.15) is 6.01 Å². The third-order valence-corrected chi connectivity index (χ3v) is 4.37. The highest BCUT2D eigenvalue weighted by Crippen LogP contribution is 2.27. The van der Waals surface area contributed by atoms with Crippen LogP contribution in [0.1, 0.15) is 38.2 Å². The normalized spacial score (nSPS) is 13.8. The van der Waals surface area contributed by atoms with Crippen molar-refractivity contribution in [3.05, 3.63) is 29.8 Å². The highest BCUT2D eigenvalue weighted by Gasteiger charge is 2.16. The summed E-state index contributed by atoms with van der Waals surface area (Å²) in [7, 11) is -3.81. The molecule has 20 heavy (non-hydrogen) atoms. The molecule has 106 valence electrons. The average Bonchev–Trinajstić information content (AvgIpc) is 2.44. The van der Waals surface area contributed by atoms with Gasteiger partial charge in [0.2, 0.25) is 0 Å². The van der Waals surface area contributed by atoms with Crippen LogP contribution in [-0.4, -0.2) is 14.4 Å². The predicted octanol–water partition coefficient (Wildman–Crippen LogP) is 3.17. The minimum absolute atomic E-state index is 0.0362. The summed E-state index contributed by atoms with van der Waals surface area (Å²) in [5.74, 6) is 0.193. The topological polar surface area (TPSA) is 94.1 Å². The van der Waals surface area contributed by atoms with Crippen LogP contribution in [0.4, 0.5) is 0 Å². The molecule has 0 saturated carbocycles. The van der Waals surface area contributed by atoms with E-state index in [2.05, 4.69) is 10.5 Å². The summed E-state index contributed by atoms with van der Waals surface area (Å²) in [6.07, 6.45) is 1.63. The zero-order chi connectivity index (χ0) is 15.2. The Hall–Kier alpha value is -1.96. The van der Waals surface area contributed by atoms with E-state index in [1.807, 2.05) is 13.8 Å². The van der Waals surface area contributed by atoms with E-state index in [0.717, 1.165) is 18.4 Å². The molecule has 0 aliphatic heterocycles. The van der Waals surface area contributed by atoms with Crippen molar-refractivity contribution in [1.29, 1.82) is 10.7 Å². The molecule has 6 heteroatoms. The second-order valence-corrected chi connectivity index (χ2v) is 6.22. The number of nitriles is 1. The molecule has 2 atom stereocenters. The molecule has 0 aliphatic rings. The first-order valence-electron chi connectivity index (χ1n) is 6.33. The van der Waals surface area contributed by atoms with Gasteiger partial charge in [-0.15, -0.1) is 0 Å². The number of rotatable bonds is 6. The second-order valence-electron chi connectivity index (χ2n) is 4.62. The molecular formula is C14H17N3O2S. The van der Waals surface area contributed by atoms with Crippen molar-refractivity contribution in [3.63, 3.8) is 0 Å². The van der Waals surface area contributed by atoms with E-state index < -0.39 is 10.0 Å². The lowest BCUT2D eigenvalue weighted by molar-refractivity contribution is 0.531. The Balaban J connectivity index is 3.01. The summed E-state index contributed by atoms with van der Waals surface area (Å²) in [6, 6.07) is 10.2. The fraction of sp³-hybridized carbons (Fsp3) is 0.429. The van der Waals surface area contributed by atoms with Gasteiger partial charge in [-0.2, -0.15) is 13.7 Å². The first-order valence-corrected chi connectivity index (χ1v) is 7.77. The van der Waals surface area contributed by atoms with Crippen LogP contribution in [0.15, 0.2) is 33.6 Å². The van der Waals surface area contributed by atoms with Crippen LogP contribution < -0.4 is 0 Å². The SMILES string of the molecule is CCC(CC(C)C#N)c1ccc(S(=O)(=O)N=C=N)cc1. The van der Waals surface area contributed by atoms with Crippen LogP contribution in [0, 0.1) is 22.7 Å². The number of benzene rings is 1. The largest absolute Gasteiger partial charge is 0.291 e. The van der Waals surface area contributed by atoms with E-state index in [0.29, 0.717) is 0 Å². The highest BCUT2D eigenvalue weighted by atomic mass is 32.2. The molecule has 0 aromatic heterocycles. The molecule has 0 aliphatic carbocycles. The molecule has 0 fully saturated rings. The second kappa shape index (κ2) is 6.99. The molecule has 1 rings (SSSR count). The fourth-order valence-corrected chi connectivity index (χ4v) is 2.75. The quantitative estimate of drug-likeness (QED) is 0.815. The lowest BCUT2D eigenvalue weighted by atomic mass is 9.88. The van der Waals surface area contributed by atoms with Crippen molar-refractivity contribution in [3.8, 4) is 6.07 Å². The van der Waals surface area contributed by atoms with Crippen molar-refractivity contribution in [1.82, 2.24) is 0 Å². The van der Waals surface area contributed by atoms with E-state index in [4.69, 9.17) is 10.7 Å². The Kier molecular flexibility index (Phi) is 5.63. The van der Waals surface area contributed by atoms with E-state index in [1.54, 1.807) is 12.1 Å². The monoisotopic (exact) mass is 291 g/mol. The number of nitrogens with one attached hydrogen (secondary N) is 1. The summed E-state index contributed by atoms with van der Waals surface area (Å²) in [5, 5.41) is 15.5. The fourth-order valence-electron chi connectivity index (χ4n) is 2.04. The molecular weight excluding hydrogens is 274 g/mol. The smallest absolute Gasteiger partial charge is 0.241 e. The molecule has 0 bridgehead atoms. The Bertz CT molecular complexity index is 638. The zero-order valence-corrected chi connectivity index (χ0v) is 12.3. The maximum Gasteiger partial charge on any atom is 0.291 e. The van der Waals surface area contributed by atoms with Gasteiger partial charge in [-0.3, -0.25) is 0 Å². The average molecular weight is 291 g/mol. The zero-order valence-electron chi connectivity index (χ0n) is 11.5. The number of hydrogen-bond donors (Lipinski definition) is 1. The molecule has 0 amide bonds. The number of sulfonamides is 1. The van der Waals surface area contributed by atoms with Crippen LogP contribution in [0.25, 0.3) is 0 Å². The van der Waals surface area contributed by atoms with Crippen LogP contribution >= 0.6 is 0 Å². The minimum atomic E-state index is -3.81. The van der Waals surface area contributed by atoms with Gasteiger partial charge in [-0.25, -0.2) is 5.41 Å². The van der Waals surface area contributed by atoms with Crippen molar-refractivity contribution in [2.45, 2.75) is 37.5 Å². The summed E-state index contributed by atoms with van der Waals surface area (Å²) in [4.78, 5) is 0.0455. The minimum Gasteiger partial charge on any atom is -0.241 e. The summed E-state index contributed by atoms with van der Waals surface area (Å²) in [5.41, 5.74) is 1.01. The van der Waals surface area contributed by atoms with Crippen molar-refractivity contribution < 1.29 is 8.42 Å². The van der Waals surface area contributed by atoms with Gasteiger partial charge in [0.05, 0.1) is 11.0 Å². The first-order chi connectivity index (χ1) is 9.44. The van der Waals surface area contributed by atoms with Gasteiger partial charge in [-0.1, -0.05) is 23.5 Å². The van der Waals surface area contributed by atoms with E-state index in [-0.39, 0.29) is 16.7 Å². The Morgan fingerprint density at radius 1 is 1.35 bits per heavy atom. The molecule has 1 aromatic carbocycles. The van der Waals surface area contributed by atoms with Crippen molar-refractivity contribution in [2.75, 3.05) is 0 Å². The van der Waals surface area contributed by atoms with Gasteiger partial charge in [0, 0.05) is 5.92 Å². The maximum absolute atomic E-state index is 11.6. The summed E-state index contributed by atoms with van der Waals surface area (Å²) in [6.45, 7) is 3.92. The number of nitrogens with zero attached hydrogens (tertiary/aromatic N) is 2. The van der Waals surface area contributed by atoms with Crippen LogP contribution in [0.3, 0.4) is 0 Å². The van der Waals surface area contributed by atoms with E-state index >= 15 is 0 Å². The van der Waals surface area contributed by atoms with Crippen molar-refractivity contribution >= 4 is 16.0 Å². The molecule has 1 N–H and O–H groups in total. The van der Waals surface area contributed by atoms with Gasteiger partial charge in [0.15, 0.2) is 0 Å². The lowest BCUT2D eigenvalue weighted by Gasteiger charge is -2.16. The Labute approximate surface area is 119 Å². The maximum atomic E-state index is 11.6. The summed E-state index contributed by atoms with van der Waals surface area (Å²) < 4.78 is 26.3.